The molecule has 0 saturated carbocycles. The van der Waals surface area contributed by atoms with Crippen LogP contribution in [0.5, 0.6) is 5.75 Å². The van der Waals surface area contributed by atoms with Gasteiger partial charge < -0.3 is 4.74 Å². The molecule has 4 aromatic rings. The first-order valence-electron chi connectivity index (χ1n) is 9.14. The molecule has 12 heteroatoms. The highest BCUT2D eigenvalue weighted by Crippen LogP contribution is 2.28. The zero-order valence-corrected chi connectivity index (χ0v) is 20.0. The van der Waals surface area contributed by atoms with E-state index in [1.54, 1.807) is 48.7 Å². The Bertz CT molecular complexity index is 1260. The second-order valence-corrected chi connectivity index (χ2v) is 8.61. The number of aromatic nitrogens is 5. The molecular weight excluding hydrogens is 543 g/mol. The molecule has 0 atom stereocenters. The topological polar surface area (TPSA) is 86.9 Å². The number of hydrogen-bond acceptors (Lipinski definition) is 5. The van der Waals surface area contributed by atoms with Crippen LogP contribution in [0.1, 0.15) is 16.1 Å². The van der Waals surface area contributed by atoms with Gasteiger partial charge in [0.25, 0.3) is 5.91 Å². The van der Waals surface area contributed by atoms with Crippen LogP contribution in [0.3, 0.4) is 0 Å². The molecule has 2 aromatic heterocycles. The van der Waals surface area contributed by atoms with Crippen LogP contribution >= 0.6 is 50.7 Å². The molecule has 1 N–H and O–H groups in total. The normalized spacial score (nSPS) is 10.9. The number of halogens is 4. The van der Waals surface area contributed by atoms with Gasteiger partial charge in [0.05, 0.1) is 11.0 Å². The zero-order valence-electron chi connectivity index (χ0n) is 16.2. The van der Waals surface area contributed by atoms with E-state index in [1.165, 1.54) is 15.7 Å². The highest BCUT2D eigenvalue weighted by atomic mass is 79.9. The van der Waals surface area contributed by atoms with Gasteiger partial charge in [0.2, 0.25) is 5.95 Å². The van der Waals surface area contributed by atoms with Gasteiger partial charge in [-0.3, -0.25) is 10.1 Å². The summed E-state index contributed by atoms with van der Waals surface area (Å²) in [6.45, 7) is 0.423. The van der Waals surface area contributed by atoms with Crippen LogP contribution in [0.25, 0.3) is 0 Å². The van der Waals surface area contributed by atoms with Gasteiger partial charge in [0, 0.05) is 26.8 Å². The van der Waals surface area contributed by atoms with Crippen molar-refractivity contribution < 1.29 is 9.53 Å². The van der Waals surface area contributed by atoms with E-state index in [1.807, 2.05) is 0 Å². The lowest BCUT2D eigenvalue weighted by molar-refractivity contribution is 0.101. The monoisotopic (exact) mass is 554 g/mol. The molecule has 0 radical (unpaired) electrons. The molecule has 4 rings (SSSR count). The fourth-order valence-corrected chi connectivity index (χ4v) is 4.04. The average molecular weight is 557 g/mol. The molecule has 0 spiro atoms. The highest BCUT2D eigenvalue weighted by molar-refractivity contribution is 9.10. The third-order valence-electron chi connectivity index (χ3n) is 4.26. The molecule has 2 heterocycles. The van der Waals surface area contributed by atoms with E-state index in [0.717, 1.165) is 4.47 Å². The average Bonchev–Trinajstić information content (AvgIpc) is 3.40. The molecule has 0 aliphatic carbocycles. The lowest BCUT2D eigenvalue weighted by Crippen LogP contribution is -2.15. The van der Waals surface area contributed by atoms with Crippen molar-refractivity contribution in [1.82, 2.24) is 24.5 Å². The number of carbonyl (C=O) groups is 1. The Morgan fingerprint density at radius 3 is 2.59 bits per heavy atom. The van der Waals surface area contributed by atoms with Crippen LogP contribution < -0.4 is 10.1 Å². The van der Waals surface area contributed by atoms with Crippen molar-refractivity contribution in [3.05, 3.63) is 85.8 Å². The predicted molar refractivity (Wildman–Crippen MR) is 126 cm³/mol. The van der Waals surface area contributed by atoms with Gasteiger partial charge in [-0.05, 0) is 52.3 Å². The Morgan fingerprint density at radius 2 is 1.84 bits per heavy atom. The maximum absolute atomic E-state index is 12.5. The minimum Gasteiger partial charge on any atom is -0.470 e. The number of amides is 1. The van der Waals surface area contributed by atoms with Crippen molar-refractivity contribution >= 4 is 62.6 Å². The van der Waals surface area contributed by atoms with Crippen molar-refractivity contribution in [2.75, 3.05) is 5.32 Å². The van der Waals surface area contributed by atoms with Gasteiger partial charge in [0.1, 0.15) is 12.1 Å². The highest BCUT2D eigenvalue weighted by Gasteiger charge is 2.14. The number of nitrogens with zero attached hydrogens (tertiary/aromatic N) is 5. The molecular formula is C20H14BrCl3N6O2. The fourth-order valence-electron chi connectivity index (χ4n) is 2.72. The molecule has 0 aliphatic heterocycles. The van der Waals surface area contributed by atoms with E-state index < -0.39 is 5.91 Å². The maximum atomic E-state index is 12.5. The number of hydrogen-bond donors (Lipinski definition) is 1. The second kappa shape index (κ2) is 9.91. The minimum absolute atomic E-state index is 0.110. The van der Waals surface area contributed by atoms with Crippen molar-refractivity contribution in [1.29, 1.82) is 0 Å². The van der Waals surface area contributed by atoms with Crippen LogP contribution in [0.4, 0.5) is 5.95 Å². The Hall–Kier alpha value is -2.59. The van der Waals surface area contributed by atoms with Crippen LogP contribution in [-0.4, -0.2) is 30.5 Å². The van der Waals surface area contributed by atoms with Crippen LogP contribution in [0, 0.1) is 0 Å². The van der Waals surface area contributed by atoms with E-state index >= 15 is 0 Å². The summed E-state index contributed by atoms with van der Waals surface area (Å²) >= 11 is 21.7. The fraction of sp³-hybridized carbons (Fsp3) is 0.100. The smallest absolute Gasteiger partial charge is 0.278 e. The Morgan fingerprint density at radius 1 is 1.06 bits per heavy atom. The first-order chi connectivity index (χ1) is 15.4. The van der Waals surface area contributed by atoms with Gasteiger partial charge in [0.15, 0.2) is 12.4 Å². The Labute approximate surface area is 206 Å². The summed E-state index contributed by atoms with van der Waals surface area (Å²) in [5.74, 6) is 0.281. The summed E-state index contributed by atoms with van der Waals surface area (Å²) < 4.78 is 9.41. The SMILES string of the molecule is O=C(Nc1ncn(Cc2c(Cl)cccc2Cl)n1)c1ccn(COc2ccc(Cl)cc2Br)n1. The molecule has 8 nitrogen and oxygen atoms in total. The molecule has 0 aliphatic rings. The first-order valence-corrected chi connectivity index (χ1v) is 11.1. The van der Waals surface area contributed by atoms with Crippen molar-refractivity contribution in [3.63, 3.8) is 0 Å². The van der Waals surface area contributed by atoms with E-state index in [4.69, 9.17) is 39.5 Å². The number of ether oxygens (including phenoxy) is 1. The van der Waals surface area contributed by atoms with Gasteiger partial charge in [-0.1, -0.05) is 40.9 Å². The van der Waals surface area contributed by atoms with Gasteiger partial charge >= 0.3 is 0 Å². The minimum atomic E-state index is -0.454. The number of anilines is 1. The predicted octanol–water partition coefficient (Wildman–Crippen LogP) is 5.53. The van der Waals surface area contributed by atoms with Crippen LogP contribution in [0.2, 0.25) is 15.1 Å². The van der Waals surface area contributed by atoms with Gasteiger partial charge in [-0.2, -0.15) is 5.10 Å². The molecule has 32 heavy (non-hydrogen) atoms. The van der Waals surface area contributed by atoms with Crippen molar-refractivity contribution in [3.8, 4) is 5.75 Å². The largest absolute Gasteiger partial charge is 0.470 e. The van der Waals surface area contributed by atoms with Gasteiger partial charge in [-0.15, -0.1) is 5.10 Å². The molecule has 1 amide bonds. The van der Waals surface area contributed by atoms with Crippen LogP contribution in [0.15, 0.2) is 59.5 Å². The first kappa shape index (κ1) is 22.6. The zero-order chi connectivity index (χ0) is 22.7. The summed E-state index contributed by atoms with van der Waals surface area (Å²) in [4.78, 5) is 16.6. The van der Waals surface area contributed by atoms with Gasteiger partial charge in [-0.25, -0.2) is 14.3 Å². The molecule has 0 fully saturated rings. The summed E-state index contributed by atoms with van der Waals surface area (Å²) in [5, 5.41) is 12.7. The molecule has 2 aromatic carbocycles. The molecule has 0 saturated heterocycles. The van der Waals surface area contributed by atoms with E-state index in [2.05, 4.69) is 36.4 Å². The third kappa shape index (κ3) is 5.42. The number of rotatable bonds is 7. The quantitative estimate of drug-likeness (QED) is 0.323. The molecule has 0 bridgehead atoms. The van der Waals surface area contributed by atoms with Crippen LogP contribution in [-0.2, 0) is 13.3 Å². The molecule has 164 valence electrons. The van der Waals surface area contributed by atoms with E-state index in [-0.39, 0.29) is 18.4 Å². The maximum Gasteiger partial charge on any atom is 0.278 e. The second-order valence-electron chi connectivity index (χ2n) is 6.51. The third-order valence-corrected chi connectivity index (χ3v) is 5.83. The standard InChI is InChI=1S/C20H14BrCl3N6O2/c21-14-8-12(22)4-5-18(14)32-11-29-7-6-17(27-29)19(31)26-20-25-10-30(28-20)9-13-15(23)2-1-3-16(13)24/h1-8,10H,9,11H2,(H,26,28,31). The summed E-state index contributed by atoms with van der Waals surface area (Å²) in [6.07, 6.45) is 3.11. The number of carbonyl (C=O) groups excluding carboxylic acids is 1. The molecule has 0 unspecified atom stereocenters. The number of benzene rings is 2. The Kier molecular flexibility index (Phi) is 7.00. The van der Waals surface area contributed by atoms with E-state index in [0.29, 0.717) is 32.9 Å². The summed E-state index contributed by atoms with van der Waals surface area (Å²) in [6, 6.07) is 12.0. The lowest BCUT2D eigenvalue weighted by atomic mass is 10.2. The van der Waals surface area contributed by atoms with Crippen molar-refractivity contribution in [2.24, 2.45) is 0 Å². The van der Waals surface area contributed by atoms with Crippen molar-refractivity contribution in [2.45, 2.75) is 13.3 Å². The lowest BCUT2D eigenvalue weighted by Gasteiger charge is -2.08. The number of nitrogens with one attached hydrogen (secondary N) is 1. The Balaban J connectivity index is 1.36. The van der Waals surface area contributed by atoms with E-state index in [9.17, 15) is 4.79 Å². The summed E-state index contributed by atoms with van der Waals surface area (Å²) in [5.41, 5.74) is 0.902. The summed E-state index contributed by atoms with van der Waals surface area (Å²) in [7, 11) is 0.